The van der Waals surface area contributed by atoms with Crippen molar-refractivity contribution < 1.29 is 4.74 Å². The SMILES string of the molecule is CCN1CCC(N(C)c2ncnc(N)c2OC)CC1. The van der Waals surface area contributed by atoms with E-state index in [-0.39, 0.29) is 0 Å². The Balaban J connectivity index is 2.12. The molecule has 1 aliphatic rings. The van der Waals surface area contributed by atoms with Gasteiger partial charge in [0.25, 0.3) is 0 Å². The lowest BCUT2D eigenvalue weighted by Gasteiger charge is -2.37. The lowest BCUT2D eigenvalue weighted by atomic mass is 10.0. The van der Waals surface area contributed by atoms with Gasteiger partial charge in [-0.25, -0.2) is 9.97 Å². The van der Waals surface area contributed by atoms with Gasteiger partial charge in [0, 0.05) is 26.2 Å². The van der Waals surface area contributed by atoms with Crippen LogP contribution in [0.3, 0.4) is 0 Å². The van der Waals surface area contributed by atoms with Crippen LogP contribution in [0.2, 0.25) is 0 Å². The number of methoxy groups -OCH3 is 1. The normalized spacial score (nSPS) is 17.4. The fraction of sp³-hybridized carbons (Fsp3) is 0.692. The summed E-state index contributed by atoms with van der Waals surface area (Å²) in [5.41, 5.74) is 5.83. The molecule has 0 saturated carbocycles. The van der Waals surface area contributed by atoms with Crippen molar-refractivity contribution in [2.24, 2.45) is 0 Å². The summed E-state index contributed by atoms with van der Waals surface area (Å²) in [6.45, 7) is 5.60. The van der Waals surface area contributed by atoms with Gasteiger partial charge in [0.1, 0.15) is 6.33 Å². The Morgan fingerprint density at radius 3 is 2.68 bits per heavy atom. The van der Waals surface area contributed by atoms with Gasteiger partial charge in [-0.15, -0.1) is 0 Å². The quantitative estimate of drug-likeness (QED) is 0.875. The predicted molar refractivity (Wildman–Crippen MR) is 76.5 cm³/mol. The number of likely N-dealkylation sites (tertiary alicyclic amines) is 1. The van der Waals surface area contributed by atoms with Gasteiger partial charge in [-0.1, -0.05) is 6.92 Å². The summed E-state index contributed by atoms with van der Waals surface area (Å²) in [7, 11) is 3.66. The average molecular weight is 265 g/mol. The number of hydrogen-bond donors (Lipinski definition) is 1. The molecule has 0 amide bonds. The fourth-order valence-electron chi connectivity index (χ4n) is 2.62. The van der Waals surface area contributed by atoms with E-state index in [0.29, 0.717) is 17.6 Å². The lowest BCUT2D eigenvalue weighted by Crippen LogP contribution is -2.43. The number of anilines is 2. The molecule has 2 N–H and O–H groups in total. The number of nitrogen functional groups attached to an aromatic ring is 1. The molecule has 19 heavy (non-hydrogen) atoms. The number of aromatic nitrogens is 2. The molecule has 0 aromatic carbocycles. The van der Waals surface area contributed by atoms with Gasteiger partial charge in [0.2, 0.25) is 5.75 Å². The largest absolute Gasteiger partial charge is 0.490 e. The van der Waals surface area contributed by atoms with Crippen molar-refractivity contribution in [3.8, 4) is 5.75 Å². The molecule has 1 aromatic rings. The molecule has 0 radical (unpaired) electrons. The Bertz CT molecular complexity index is 417. The Morgan fingerprint density at radius 1 is 1.42 bits per heavy atom. The maximum Gasteiger partial charge on any atom is 0.204 e. The van der Waals surface area contributed by atoms with Crippen LogP contribution in [0.15, 0.2) is 6.33 Å². The van der Waals surface area contributed by atoms with Gasteiger partial charge in [-0.2, -0.15) is 0 Å². The molecule has 2 rings (SSSR count). The minimum Gasteiger partial charge on any atom is -0.490 e. The minimum atomic E-state index is 0.394. The Labute approximate surface area is 114 Å². The number of rotatable bonds is 4. The second-order valence-corrected chi connectivity index (χ2v) is 4.89. The summed E-state index contributed by atoms with van der Waals surface area (Å²) >= 11 is 0. The first-order valence-corrected chi connectivity index (χ1v) is 6.77. The fourth-order valence-corrected chi connectivity index (χ4v) is 2.62. The Morgan fingerprint density at radius 2 is 2.11 bits per heavy atom. The zero-order valence-electron chi connectivity index (χ0n) is 12.0. The molecule has 6 nitrogen and oxygen atoms in total. The second-order valence-electron chi connectivity index (χ2n) is 4.89. The van der Waals surface area contributed by atoms with Crippen LogP contribution in [0.5, 0.6) is 5.75 Å². The van der Waals surface area contributed by atoms with Crippen LogP contribution in [-0.2, 0) is 0 Å². The Kier molecular flexibility index (Phi) is 4.42. The van der Waals surface area contributed by atoms with Gasteiger partial charge in [0.05, 0.1) is 7.11 Å². The topological polar surface area (TPSA) is 67.5 Å². The first-order valence-electron chi connectivity index (χ1n) is 6.77. The number of ether oxygens (including phenoxy) is 1. The molecule has 0 atom stereocenters. The molecule has 6 heteroatoms. The second kappa shape index (κ2) is 6.06. The number of hydrogen-bond acceptors (Lipinski definition) is 6. The van der Waals surface area contributed by atoms with E-state index in [1.807, 2.05) is 0 Å². The van der Waals surface area contributed by atoms with E-state index >= 15 is 0 Å². The van der Waals surface area contributed by atoms with E-state index < -0.39 is 0 Å². The molecule has 1 aliphatic heterocycles. The third-order valence-corrected chi connectivity index (χ3v) is 3.90. The van der Waals surface area contributed by atoms with Crippen molar-refractivity contribution in [3.05, 3.63) is 6.33 Å². The highest BCUT2D eigenvalue weighted by Gasteiger charge is 2.25. The number of piperidine rings is 1. The van der Waals surface area contributed by atoms with Crippen molar-refractivity contribution in [1.82, 2.24) is 14.9 Å². The first kappa shape index (κ1) is 13.9. The van der Waals surface area contributed by atoms with Gasteiger partial charge in [-0.3, -0.25) is 0 Å². The molecule has 1 fully saturated rings. The summed E-state index contributed by atoms with van der Waals surface area (Å²) in [6.07, 6.45) is 3.76. The summed E-state index contributed by atoms with van der Waals surface area (Å²) in [4.78, 5) is 12.9. The van der Waals surface area contributed by atoms with Crippen LogP contribution < -0.4 is 15.4 Å². The molecule has 0 spiro atoms. The maximum absolute atomic E-state index is 5.83. The van der Waals surface area contributed by atoms with E-state index in [1.54, 1.807) is 7.11 Å². The van der Waals surface area contributed by atoms with Gasteiger partial charge in [0.15, 0.2) is 11.6 Å². The smallest absolute Gasteiger partial charge is 0.204 e. The van der Waals surface area contributed by atoms with E-state index in [0.717, 1.165) is 38.3 Å². The number of nitrogens with two attached hydrogens (primary N) is 1. The third-order valence-electron chi connectivity index (χ3n) is 3.90. The first-order chi connectivity index (χ1) is 9.17. The highest BCUT2D eigenvalue weighted by atomic mass is 16.5. The van der Waals surface area contributed by atoms with Crippen molar-refractivity contribution in [2.75, 3.05) is 44.4 Å². The zero-order chi connectivity index (χ0) is 13.8. The van der Waals surface area contributed by atoms with E-state index in [1.165, 1.54) is 6.33 Å². The molecule has 0 aliphatic carbocycles. The highest BCUT2D eigenvalue weighted by Crippen LogP contribution is 2.31. The summed E-state index contributed by atoms with van der Waals surface area (Å²) in [6, 6.07) is 0.478. The van der Waals surface area contributed by atoms with Crippen LogP contribution in [-0.4, -0.2) is 54.7 Å². The summed E-state index contributed by atoms with van der Waals surface area (Å²) in [5.74, 6) is 1.75. The molecule has 1 saturated heterocycles. The Hall–Kier alpha value is -1.56. The molecule has 2 heterocycles. The van der Waals surface area contributed by atoms with Crippen molar-refractivity contribution in [3.63, 3.8) is 0 Å². The lowest BCUT2D eigenvalue weighted by molar-refractivity contribution is 0.220. The van der Waals surface area contributed by atoms with E-state index in [2.05, 4.69) is 33.7 Å². The summed E-state index contributed by atoms with van der Waals surface area (Å²) < 4.78 is 5.33. The molecule has 106 valence electrons. The maximum atomic E-state index is 5.83. The minimum absolute atomic E-state index is 0.394. The molecule has 0 unspecified atom stereocenters. The van der Waals surface area contributed by atoms with Crippen molar-refractivity contribution in [2.45, 2.75) is 25.8 Å². The molecule has 0 bridgehead atoms. The highest BCUT2D eigenvalue weighted by molar-refractivity contribution is 5.62. The average Bonchev–Trinajstić information content (AvgIpc) is 2.46. The third kappa shape index (κ3) is 2.89. The van der Waals surface area contributed by atoms with Crippen LogP contribution in [0.4, 0.5) is 11.6 Å². The molecular weight excluding hydrogens is 242 g/mol. The van der Waals surface area contributed by atoms with Crippen LogP contribution in [0.1, 0.15) is 19.8 Å². The van der Waals surface area contributed by atoms with Crippen molar-refractivity contribution in [1.29, 1.82) is 0 Å². The van der Waals surface area contributed by atoms with Crippen LogP contribution in [0.25, 0.3) is 0 Å². The monoisotopic (exact) mass is 265 g/mol. The van der Waals surface area contributed by atoms with Crippen LogP contribution in [0, 0.1) is 0 Å². The zero-order valence-corrected chi connectivity index (χ0v) is 12.0. The van der Waals surface area contributed by atoms with E-state index in [9.17, 15) is 0 Å². The van der Waals surface area contributed by atoms with Gasteiger partial charge >= 0.3 is 0 Å². The van der Waals surface area contributed by atoms with E-state index in [4.69, 9.17) is 10.5 Å². The molecule has 1 aromatic heterocycles. The van der Waals surface area contributed by atoms with Crippen LogP contribution >= 0.6 is 0 Å². The van der Waals surface area contributed by atoms with Gasteiger partial charge < -0.3 is 20.3 Å². The number of nitrogens with zero attached hydrogens (tertiary/aromatic N) is 4. The summed E-state index contributed by atoms with van der Waals surface area (Å²) in [5, 5.41) is 0. The predicted octanol–water partition coefficient (Wildman–Crippen LogP) is 0.988. The molecular formula is C13H23N5O. The van der Waals surface area contributed by atoms with Gasteiger partial charge in [-0.05, 0) is 19.4 Å². The van der Waals surface area contributed by atoms with Crippen molar-refractivity contribution >= 4 is 11.6 Å². The standard InChI is InChI=1S/C13H23N5O/c1-4-18-7-5-10(6-8-18)17(2)13-11(19-3)12(14)15-9-16-13/h9-10H,4-8H2,1-3H3,(H2,14,15,16).